The molecule has 1 aliphatic heterocycles. The van der Waals surface area contributed by atoms with Crippen LogP contribution in [0.25, 0.3) is 10.8 Å². The molecule has 0 aromatic heterocycles. The minimum atomic E-state index is -4.28. The molecule has 8 nitrogen and oxygen atoms in total. The minimum absolute atomic E-state index is 0.0177. The number of rotatable bonds is 10. The number of carbonyl (C=O) groups is 1. The van der Waals surface area contributed by atoms with Crippen LogP contribution in [0.3, 0.4) is 0 Å². The maximum absolute atomic E-state index is 16.2. The Kier molecular flexibility index (Phi) is 7.82. The number of nitrogens with zero attached hydrogens (tertiary/aromatic N) is 1. The molecule has 2 aliphatic rings. The third-order valence-electron chi connectivity index (χ3n) is 8.11. The molecule has 11 heteroatoms. The molecule has 3 aromatic carbocycles. The highest BCUT2D eigenvalue weighted by Gasteiger charge is 2.43. The fourth-order valence-electron chi connectivity index (χ4n) is 4.58. The molecule has 1 atom stereocenters. The van der Waals surface area contributed by atoms with Crippen molar-refractivity contribution in [2.24, 2.45) is 5.92 Å². The maximum atomic E-state index is 16.2. The number of hydrogen-bond acceptors (Lipinski definition) is 6. The number of nitrogens with one attached hydrogen (secondary N) is 1. The van der Waals surface area contributed by atoms with Gasteiger partial charge in [-0.1, -0.05) is 57.2 Å². The van der Waals surface area contributed by atoms with Gasteiger partial charge in [0.25, 0.3) is 5.91 Å². The molecule has 41 heavy (non-hydrogen) atoms. The quantitative estimate of drug-likeness (QED) is 0.291. The number of halogens is 1. The summed E-state index contributed by atoms with van der Waals surface area (Å²) in [6, 6.07) is 15.9. The molecule has 2 fully saturated rings. The fourth-order valence-corrected chi connectivity index (χ4v) is 7.11. The van der Waals surface area contributed by atoms with Crippen molar-refractivity contribution in [1.29, 1.82) is 0 Å². The van der Waals surface area contributed by atoms with Gasteiger partial charge in [-0.25, -0.2) is 13.4 Å². The number of amides is 1. The molecule has 1 N–H and O–H groups in total. The Morgan fingerprint density at radius 2 is 1.78 bits per heavy atom. The fraction of sp³-hybridized carbons (Fsp3) is 0.433. The Hall–Kier alpha value is -3.15. The van der Waals surface area contributed by atoms with E-state index in [4.69, 9.17) is 13.9 Å². The highest BCUT2D eigenvalue weighted by atomic mass is 32.2. The zero-order valence-electron chi connectivity index (χ0n) is 24.1. The van der Waals surface area contributed by atoms with E-state index >= 15 is 4.39 Å². The summed E-state index contributed by atoms with van der Waals surface area (Å²) in [6.07, 6.45) is 2.15. The average Bonchev–Trinajstić information content (AvgIpc) is 3.70. The van der Waals surface area contributed by atoms with Gasteiger partial charge in [0.15, 0.2) is 14.1 Å². The van der Waals surface area contributed by atoms with Crippen molar-refractivity contribution in [2.45, 2.75) is 64.5 Å². The van der Waals surface area contributed by atoms with E-state index in [9.17, 15) is 13.2 Å². The first-order valence-electron chi connectivity index (χ1n) is 13.8. The molecular formula is C30H37FN2O6SSi. The van der Waals surface area contributed by atoms with Gasteiger partial charge in [-0.2, -0.15) is 8.42 Å². The van der Waals surface area contributed by atoms with Crippen LogP contribution in [0.1, 0.15) is 39.2 Å². The summed E-state index contributed by atoms with van der Waals surface area (Å²) in [5.41, 5.74) is 0.507. The van der Waals surface area contributed by atoms with Gasteiger partial charge in [0.05, 0.1) is 6.10 Å². The van der Waals surface area contributed by atoms with E-state index < -0.39 is 36.8 Å². The van der Waals surface area contributed by atoms with Crippen LogP contribution in [0.15, 0.2) is 54.6 Å². The van der Waals surface area contributed by atoms with Crippen molar-refractivity contribution in [3.63, 3.8) is 0 Å². The topological polar surface area (TPSA) is 94.2 Å². The lowest BCUT2D eigenvalue weighted by atomic mass is 10.1. The second-order valence-corrected chi connectivity index (χ2v) is 18.6. The molecule has 0 spiro atoms. The first kappa shape index (κ1) is 29.3. The molecule has 1 saturated carbocycles. The molecule has 1 heterocycles. The van der Waals surface area contributed by atoms with Crippen LogP contribution >= 0.6 is 0 Å². The summed E-state index contributed by atoms with van der Waals surface area (Å²) in [7, 11) is -6.29. The van der Waals surface area contributed by atoms with Gasteiger partial charge in [-0.15, -0.1) is 0 Å². The zero-order valence-corrected chi connectivity index (χ0v) is 25.9. The number of ether oxygens (including phenoxy) is 2. The Morgan fingerprint density at radius 3 is 2.39 bits per heavy atom. The van der Waals surface area contributed by atoms with Crippen LogP contribution in [0.5, 0.6) is 11.5 Å². The van der Waals surface area contributed by atoms with E-state index in [0.717, 1.165) is 18.4 Å². The lowest BCUT2D eigenvalue weighted by Crippen LogP contribution is -2.46. The molecule has 1 unspecified atom stereocenters. The van der Waals surface area contributed by atoms with E-state index in [-0.39, 0.29) is 34.6 Å². The van der Waals surface area contributed by atoms with Gasteiger partial charge < -0.3 is 13.9 Å². The van der Waals surface area contributed by atoms with Crippen molar-refractivity contribution in [2.75, 3.05) is 17.5 Å². The van der Waals surface area contributed by atoms with Crippen LogP contribution in [-0.4, -0.2) is 41.9 Å². The summed E-state index contributed by atoms with van der Waals surface area (Å²) >= 11 is 0. The Labute approximate surface area is 242 Å². The molecule has 1 saturated heterocycles. The van der Waals surface area contributed by atoms with Gasteiger partial charge in [-0.05, 0) is 66.0 Å². The largest absolute Gasteiger partial charge is 0.491 e. The molecule has 1 amide bonds. The second kappa shape index (κ2) is 10.9. The third-order valence-corrected chi connectivity index (χ3v) is 14.0. The van der Waals surface area contributed by atoms with Crippen LogP contribution in [0, 0.1) is 11.7 Å². The summed E-state index contributed by atoms with van der Waals surface area (Å²) in [6.45, 7) is 10.9. The van der Waals surface area contributed by atoms with Crippen molar-refractivity contribution >= 4 is 40.9 Å². The number of anilines is 1. The van der Waals surface area contributed by atoms with Crippen molar-refractivity contribution in [1.82, 2.24) is 4.72 Å². The summed E-state index contributed by atoms with van der Waals surface area (Å²) in [4.78, 5) is 12.0. The molecular weight excluding hydrogens is 563 g/mol. The van der Waals surface area contributed by atoms with Gasteiger partial charge in [0.2, 0.25) is 0 Å². The highest BCUT2D eigenvalue weighted by molar-refractivity contribution is 7.92. The Morgan fingerprint density at radius 1 is 1.07 bits per heavy atom. The summed E-state index contributed by atoms with van der Waals surface area (Å²) in [5, 5.41) is 0.732. The van der Waals surface area contributed by atoms with Crippen LogP contribution in [0.2, 0.25) is 18.1 Å². The average molecular weight is 601 g/mol. The van der Waals surface area contributed by atoms with E-state index in [1.807, 2.05) is 35.1 Å². The predicted octanol–water partition coefficient (Wildman–Crippen LogP) is 5.92. The first-order valence-corrected chi connectivity index (χ1v) is 18.2. The molecule has 3 aromatic rings. The monoisotopic (exact) mass is 600 g/mol. The summed E-state index contributed by atoms with van der Waals surface area (Å²) in [5.74, 6) is -0.647. The predicted molar refractivity (Wildman–Crippen MR) is 159 cm³/mol. The standard InChI is InChI=1S/C30H37FN2O6SSi/c1-30(2,3)41(4,5)39-26(21-11-12-21)19-37-23-14-13-22-15-25(38-18-20-9-7-6-8-10-20)29(28(31)24(22)16-23)33-17-27(34)32-40(33,35)36/h6-10,13-16,21,26H,11-12,17-19H2,1-5H3,(H,32,34). The van der Waals surface area contributed by atoms with Crippen molar-refractivity contribution < 1.29 is 31.5 Å². The van der Waals surface area contributed by atoms with E-state index in [1.165, 1.54) is 0 Å². The zero-order chi connectivity index (χ0) is 29.6. The second-order valence-electron chi connectivity index (χ2n) is 12.3. The normalized spacial score (nSPS) is 17.9. The number of fused-ring (bicyclic) bond motifs is 1. The van der Waals surface area contributed by atoms with Gasteiger partial charge in [0.1, 0.15) is 36.9 Å². The molecule has 0 bridgehead atoms. The Bertz CT molecular complexity index is 1550. The summed E-state index contributed by atoms with van der Waals surface area (Å²) < 4.78 is 63.1. The number of benzene rings is 3. The van der Waals surface area contributed by atoms with Crippen molar-refractivity contribution in [3.05, 3.63) is 66.0 Å². The molecule has 220 valence electrons. The smallest absolute Gasteiger partial charge is 0.326 e. The van der Waals surface area contributed by atoms with Gasteiger partial charge >= 0.3 is 10.2 Å². The highest BCUT2D eigenvalue weighted by Crippen LogP contribution is 2.43. The Balaban J connectivity index is 1.46. The minimum Gasteiger partial charge on any atom is -0.491 e. The SMILES string of the molecule is CC(C)(C)[Si](C)(C)OC(COc1ccc2cc(OCc3ccccc3)c(N3CC(=O)NS3(=O)=O)c(F)c2c1)C1CC1. The van der Waals surface area contributed by atoms with E-state index in [1.54, 1.807) is 24.3 Å². The molecule has 0 radical (unpaired) electrons. The lowest BCUT2D eigenvalue weighted by Gasteiger charge is -2.39. The first-order chi connectivity index (χ1) is 19.2. The maximum Gasteiger partial charge on any atom is 0.326 e. The lowest BCUT2D eigenvalue weighted by molar-refractivity contribution is -0.117. The van der Waals surface area contributed by atoms with Crippen LogP contribution < -0.4 is 18.5 Å². The van der Waals surface area contributed by atoms with E-state index in [0.29, 0.717) is 28.0 Å². The third kappa shape index (κ3) is 6.36. The van der Waals surface area contributed by atoms with Gasteiger partial charge in [-0.3, -0.25) is 4.79 Å². The van der Waals surface area contributed by atoms with Gasteiger partial charge in [0, 0.05) is 5.39 Å². The van der Waals surface area contributed by atoms with E-state index in [2.05, 4.69) is 33.9 Å². The van der Waals surface area contributed by atoms with Crippen molar-refractivity contribution in [3.8, 4) is 11.5 Å². The van der Waals surface area contributed by atoms with Crippen LogP contribution in [-0.2, 0) is 26.0 Å². The molecule has 5 rings (SSSR count). The van der Waals surface area contributed by atoms with Crippen LogP contribution in [0.4, 0.5) is 10.1 Å². The molecule has 1 aliphatic carbocycles. The number of carbonyl (C=O) groups excluding carboxylic acids is 1. The number of hydrogen-bond donors (Lipinski definition) is 1.